The molecule has 2 unspecified atom stereocenters. The predicted molar refractivity (Wildman–Crippen MR) is 90.2 cm³/mol. The van der Waals surface area contributed by atoms with E-state index < -0.39 is 5.97 Å². The monoisotopic (exact) mass is 333 g/mol. The first kappa shape index (κ1) is 16.0. The van der Waals surface area contributed by atoms with Crippen molar-refractivity contribution in [2.45, 2.75) is 44.8 Å². The summed E-state index contributed by atoms with van der Waals surface area (Å²) in [6.45, 7) is 2.06. The van der Waals surface area contributed by atoms with Crippen LogP contribution in [0.15, 0.2) is 24.3 Å². The Morgan fingerprint density at radius 3 is 2.87 bits per heavy atom. The molecule has 2 N–H and O–H groups in total. The van der Waals surface area contributed by atoms with E-state index in [1.54, 1.807) is 12.1 Å². The van der Waals surface area contributed by atoms with Crippen LogP contribution in [0.1, 0.15) is 42.3 Å². The van der Waals surface area contributed by atoms with Gasteiger partial charge in [-0.1, -0.05) is 0 Å². The van der Waals surface area contributed by atoms with Gasteiger partial charge in [-0.05, 0) is 55.8 Å². The van der Waals surface area contributed by atoms with Crippen LogP contribution in [0.2, 0.25) is 0 Å². The minimum Gasteiger partial charge on any atom is -0.477 e. The number of carbonyl (C=O) groups excluding carboxylic acids is 1. The number of carboxylic acid groups (broad SMARTS) is 1. The summed E-state index contributed by atoms with van der Waals surface area (Å²) in [6, 6.07) is 7.08. The zero-order valence-corrected chi connectivity index (χ0v) is 13.7. The number of carboxylic acids is 1. The van der Waals surface area contributed by atoms with E-state index in [0.717, 1.165) is 29.3 Å². The van der Waals surface area contributed by atoms with Crippen molar-refractivity contribution in [2.24, 2.45) is 0 Å². The number of thiophene rings is 1. The zero-order chi connectivity index (χ0) is 16.4. The highest BCUT2D eigenvalue weighted by atomic mass is 32.1. The Balaban J connectivity index is 1.59. The summed E-state index contributed by atoms with van der Waals surface area (Å²) < 4.78 is 6.61. The second kappa shape index (κ2) is 6.68. The van der Waals surface area contributed by atoms with Crippen molar-refractivity contribution in [3.05, 3.63) is 29.1 Å². The van der Waals surface area contributed by atoms with Gasteiger partial charge >= 0.3 is 5.97 Å². The lowest BCUT2D eigenvalue weighted by molar-refractivity contribution is -0.116. The number of hydrogen-bond donors (Lipinski definition) is 2. The molecule has 122 valence electrons. The van der Waals surface area contributed by atoms with E-state index in [2.05, 4.69) is 12.2 Å². The molecular formula is C17H19NO4S. The summed E-state index contributed by atoms with van der Waals surface area (Å²) >= 11 is 1.23. The largest absolute Gasteiger partial charge is 0.477 e. The molecular weight excluding hydrogens is 314 g/mol. The Morgan fingerprint density at radius 1 is 1.35 bits per heavy atom. The molecule has 5 nitrogen and oxygen atoms in total. The number of amides is 1. The maximum atomic E-state index is 12.0. The molecule has 1 aliphatic heterocycles. The second-order valence-corrected chi connectivity index (χ2v) is 6.99. The molecule has 0 saturated carbocycles. The van der Waals surface area contributed by atoms with Crippen molar-refractivity contribution >= 4 is 39.0 Å². The maximum absolute atomic E-state index is 12.0. The molecule has 1 aliphatic rings. The Labute approximate surface area is 138 Å². The summed E-state index contributed by atoms with van der Waals surface area (Å²) in [5.74, 6) is -0.969. The summed E-state index contributed by atoms with van der Waals surface area (Å²) in [6.07, 6.45) is 3.74. The summed E-state index contributed by atoms with van der Waals surface area (Å²) in [7, 11) is 0. The van der Waals surface area contributed by atoms with Gasteiger partial charge in [0.1, 0.15) is 4.88 Å². The number of nitrogens with one attached hydrogen (secondary N) is 1. The molecule has 3 rings (SSSR count). The average molecular weight is 333 g/mol. The fraction of sp³-hybridized carbons (Fsp3) is 0.412. The predicted octanol–water partition coefficient (Wildman–Crippen LogP) is 3.89. The van der Waals surface area contributed by atoms with Crippen LogP contribution in [0, 0.1) is 0 Å². The minimum atomic E-state index is -0.928. The lowest BCUT2D eigenvalue weighted by Crippen LogP contribution is -2.15. The van der Waals surface area contributed by atoms with Crippen molar-refractivity contribution in [2.75, 3.05) is 5.32 Å². The molecule has 23 heavy (non-hydrogen) atoms. The standard InChI is InChI=1S/C17H19NO4S/c1-10-2-4-13(22-10)5-7-16(19)18-12-3-6-14-11(8-12)9-15(23-14)17(20)21/h3,6,8-10,13H,2,4-5,7H2,1H3,(H,18,19)(H,20,21). The van der Waals surface area contributed by atoms with Gasteiger partial charge in [0.15, 0.2) is 0 Å². The van der Waals surface area contributed by atoms with E-state index >= 15 is 0 Å². The Morgan fingerprint density at radius 2 is 2.17 bits per heavy atom. The highest BCUT2D eigenvalue weighted by molar-refractivity contribution is 7.20. The van der Waals surface area contributed by atoms with Crippen molar-refractivity contribution in [1.29, 1.82) is 0 Å². The molecule has 1 saturated heterocycles. The van der Waals surface area contributed by atoms with Gasteiger partial charge in [-0.15, -0.1) is 11.3 Å². The number of benzene rings is 1. The molecule has 2 heterocycles. The third kappa shape index (κ3) is 3.89. The van der Waals surface area contributed by atoms with Crippen molar-refractivity contribution < 1.29 is 19.4 Å². The van der Waals surface area contributed by atoms with Gasteiger partial charge in [-0.25, -0.2) is 4.79 Å². The topological polar surface area (TPSA) is 75.6 Å². The van der Waals surface area contributed by atoms with Gasteiger partial charge in [0.2, 0.25) is 5.91 Å². The molecule has 1 fully saturated rings. The van der Waals surface area contributed by atoms with E-state index in [-0.39, 0.29) is 12.0 Å². The third-order valence-corrected chi connectivity index (χ3v) is 5.13. The van der Waals surface area contributed by atoms with E-state index in [0.29, 0.717) is 23.1 Å². The smallest absolute Gasteiger partial charge is 0.345 e. The number of aromatic carboxylic acids is 1. The van der Waals surface area contributed by atoms with Gasteiger partial charge in [-0.2, -0.15) is 0 Å². The first-order chi connectivity index (χ1) is 11.0. The minimum absolute atomic E-state index is 0.0406. The Hall–Kier alpha value is -1.92. The van der Waals surface area contributed by atoms with Crippen LogP contribution in [0.3, 0.4) is 0 Å². The summed E-state index contributed by atoms with van der Waals surface area (Å²) in [4.78, 5) is 23.3. The first-order valence-electron chi connectivity index (χ1n) is 7.73. The fourth-order valence-electron chi connectivity index (χ4n) is 2.84. The van der Waals surface area contributed by atoms with E-state index in [4.69, 9.17) is 9.84 Å². The van der Waals surface area contributed by atoms with E-state index in [1.807, 2.05) is 12.1 Å². The van der Waals surface area contributed by atoms with Crippen LogP contribution in [-0.4, -0.2) is 29.2 Å². The number of fused-ring (bicyclic) bond motifs is 1. The fourth-order valence-corrected chi connectivity index (χ4v) is 3.72. The lowest BCUT2D eigenvalue weighted by atomic mass is 10.1. The van der Waals surface area contributed by atoms with Gasteiger partial charge in [0, 0.05) is 16.8 Å². The molecule has 0 aliphatic carbocycles. The molecule has 0 radical (unpaired) electrons. The molecule has 2 aromatic rings. The van der Waals surface area contributed by atoms with Crippen LogP contribution < -0.4 is 5.32 Å². The quantitative estimate of drug-likeness (QED) is 0.870. The maximum Gasteiger partial charge on any atom is 0.345 e. The zero-order valence-electron chi connectivity index (χ0n) is 12.9. The summed E-state index contributed by atoms with van der Waals surface area (Å²) in [5.41, 5.74) is 0.693. The van der Waals surface area contributed by atoms with Gasteiger partial charge in [-0.3, -0.25) is 4.79 Å². The molecule has 1 aromatic heterocycles. The van der Waals surface area contributed by atoms with Crippen molar-refractivity contribution in [3.8, 4) is 0 Å². The molecule has 2 atom stereocenters. The molecule has 6 heteroatoms. The van der Waals surface area contributed by atoms with Gasteiger partial charge < -0.3 is 15.2 Å². The number of rotatable bonds is 5. The highest BCUT2D eigenvalue weighted by Crippen LogP contribution is 2.28. The number of anilines is 1. The molecule has 1 aromatic carbocycles. The number of ether oxygens (including phenoxy) is 1. The molecule has 1 amide bonds. The Kier molecular flexibility index (Phi) is 4.63. The number of hydrogen-bond acceptors (Lipinski definition) is 4. The first-order valence-corrected chi connectivity index (χ1v) is 8.55. The van der Waals surface area contributed by atoms with E-state index in [9.17, 15) is 9.59 Å². The Bertz CT molecular complexity index is 739. The van der Waals surface area contributed by atoms with Gasteiger partial charge in [0.25, 0.3) is 0 Å². The molecule has 0 spiro atoms. The van der Waals surface area contributed by atoms with Crippen LogP contribution in [0.5, 0.6) is 0 Å². The van der Waals surface area contributed by atoms with Crippen LogP contribution in [0.25, 0.3) is 10.1 Å². The molecule has 0 bridgehead atoms. The number of carbonyl (C=O) groups is 2. The van der Waals surface area contributed by atoms with Crippen LogP contribution >= 0.6 is 11.3 Å². The second-order valence-electron chi connectivity index (χ2n) is 5.90. The summed E-state index contributed by atoms with van der Waals surface area (Å²) in [5, 5.41) is 12.7. The highest BCUT2D eigenvalue weighted by Gasteiger charge is 2.22. The lowest BCUT2D eigenvalue weighted by Gasteiger charge is -2.11. The van der Waals surface area contributed by atoms with Crippen LogP contribution in [-0.2, 0) is 9.53 Å². The van der Waals surface area contributed by atoms with Gasteiger partial charge in [0.05, 0.1) is 12.2 Å². The normalized spacial score (nSPS) is 20.7. The SMILES string of the molecule is CC1CCC(CCC(=O)Nc2ccc3sc(C(=O)O)cc3c2)O1. The average Bonchev–Trinajstić information content (AvgIpc) is 3.10. The third-order valence-electron chi connectivity index (χ3n) is 4.02. The van der Waals surface area contributed by atoms with Crippen molar-refractivity contribution in [1.82, 2.24) is 0 Å². The van der Waals surface area contributed by atoms with Crippen LogP contribution in [0.4, 0.5) is 5.69 Å². The van der Waals surface area contributed by atoms with Crippen molar-refractivity contribution in [3.63, 3.8) is 0 Å². The van der Waals surface area contributed by atoms with E-state index in [1.165, 1.54) is 11.3 Å².